The van der Waals surface area contributed by atoms with Gasteiger partial charge in [0.2, 0.25) is 11.8 Å². The molecular weight excluding hydrogens is 342 g/mol. The van der Waals surface area contributed by atoms with Crippen LogP contribution in [-0.4, -0.2) is 37.8 Å². The number of pyridine rings is 1. The van der Waals surface area contributed by atoms with E-state index < -0.39 is 0 Å². The zero-order valence-electron chi connectivity index (χ0n) is 16.0. The van der Waals surface area contributed by atoms with Crippen LogP contribution in [0.3, 0.4) is 0 Å². The van der Waals surface area contributed by atoms with Gasteiger partial charge in [-0.3, -0.25) is 14.6 Å². The van der Waals surface area contributed by atoms with Crippen LogP contribution in [0.1, 0.15) is 56.4 Å². The standard InChI is InChI=1S/C20H27N5O2/c1-3-4-8-19(27)25-11-10-24-14-17(23-20(24)15(25)2)12-18(26)22-13-16-7-5-6-9-21-16/h5-7,9,14-15H,3-4,8,10-13H2,1-2H3,(H,22,26)/t15-/m0/s1. The highest BCUT2D eigenvalue weighted by molar-refractivity contribution is 5.78. The molecule has 0 unspecified atom stereocenters. The molecule has 1 aliphatic rings. The van der Waals surface area contributed by atoms with Crippen molar-refractivity contribution in [3.63, 3.8) is 0 Å². The largest absolute Gasteiger partial charge is 0.350 e. The average molecular weight is 369 g/mol. The number of hydrogen-bond donors (Lipinski definition) is 1. The van der Waals surface area contributed by atoms with Crippen LogP contribution in [0.15, 0.2) is 30.6 Å². The minimum Gasteiger partial charge on any atom is -0.350 e. The van der Waals surface area contributed by atoms with Crippen molar-refractivity contribution >= 4 is 11.8 Å². The number of nitrogens with one attached hydrogen (secondary N) is 1. The van der Waals surface area contributed by atoms with Gasteiger partial charge in [0.05, 0.1) is 30.4 Å². The zero-order valence-corrected chi connectivity index (χ0v) is 16.0. The molecule has 0 fully saturated rings. The van der Waals surface area contributed by atoms with E-state index in [2.05, 4.69) is 26.8 Å². The maximum Gasteiger partial charge on any atom is 0.226 e. The van der Waals surface area contributed by atoms with Crippen LogP contribution >= 0.6 is 0 Å². The SMILES string of the molecule is CCCCC(=O)N1CCn2cc(CC(=O)NCc3ccccn3)nc2[C@@H]1C. The first-order chi connectivity index (χ1) is 13.1. The summed E-state index contributed by atoms with van der Waals surface area (Å²) in [4.78, 5) is 35.4. The van der Waals surface area contributed by atoms with Crippen molar-refractivity contribution in [1.82, 2.24) is 24.8 Å². The smallest absolute Gasteiger partial charge is 0.226 e. The number of imidazole rings is 1. The van der Waals surface area contributed by atoms with Crippen molar-refractivity contribution in [3.05, 3.63) is 47.8 Å². The first kappa shape index (κ1) is 19.1. The molecule has 0 saturated heterocycles. The van der Waals surface area contributed by atoms with Gasteiger partial charge in [0.25, 0.3) is 0 Å². The number of fused-ring (bicyclic) bond motifs is 1. The van der Waals surface area contributed by atoms with E-state index in [0.717, 1.165) is 36.6 Å². The Morgan fingerprint density at radius 1 is 1.26 bits per heavy atom. The molecule has 0 aromatic carbocycles. The number of amides is 2. The van der Waals surface area contributed by atoms with E-state index in [-0.39, 0.29) is 24.3 Å². The molecule has 3 rings (SSSR count). The number of carbonyl (C=O) groups excluding carboxylic acids is 2. The van der Waals surface area contributed by atoms with Crippen molar-refractivity contribution in [2.75, 3.05) is 6.54 Å². The minimum atomic E-state index is -0.0837. The van der Waals surface area contributed by atoms with Crippen molar-refractivity contribution < 1.29 is 9.59 Å². The van der Waals surface area contributed by atoms with E-state index in [4.69, 9.17) is 0 Å². The highest BCUT2D eigenvalue weighted by Gasteiger charge is 2.29. The van der Waals surface area contributed by atoms with Crippen molar-refractivity contribution in [2.45, 2.75) is 58.7 Å². The van der Waals surface area contributed by atoms with Gasteiger partial charge in [0.1, 0.15) is 5.82 Å². The second-order valence-corrected chi connectivity index (χ2v) is 6.93. The van der Waals surface area contributed by atoms with Gasteiger partial charge in [0, 0.05) is 31.9 Å². The molecule has 2 amide bonds. The molecule has 1 N–H and O–H groups in total. The van der Waals surface area contributed by atoms with Gasteiger partial charge in [-0.05, 0) is 25.5 Å². The molecule has 144 valence electrons. The lowest BCUT2D eigenvalue weighted by atomic mass is 10.1. The van der Waals surface area contributed by atoms with Gasteiger partial charge < -0.3 is 14.8 Å². The highest BCUT2D eigenvalue weighted by Crippen LogP contribution is 2.25. The quantitative estimate of drug-likeness (QED) is 0.812. The number of rotatable bonds is 7. The first-order valence-corrected chi connectivity index (χ1v) is 9.60. The Bertz CT molecular complexity index is 787. The predicted octanol–water partition coefficient (Wildman–Crippen LogP) is 2.23. The average Bonchev–Trinajstić information content (AvgIpc) is 3.09. The van der Waals surface area contributed by atoms with Crippen LogP contribution in [-0.2, 0) is 29.1 Å². The fraction of sp³-hybridized carbons (Fsp3) is 0.500. The lowest BCUT2D eigenvalue weighted by Gasteiger charge is -2.33. The first-order valence-electron chi connectivity index (χ1n) is 9.60. The second kappa shape index (κ2) is 8.79. The summed E-state index contributed by atoms with van der Waals surface area (Å²) < 4.78 is 2.07. The van der Waals surface area contributed by atoms with E-state index in [9.17, 15) is 9.59 Å². The normalized spacial score (nSPS) is 16.1. The summed E-state index contributed by atoms with van der Waals surface area (Å²) in [5, 5.41) is 2.87. The van der Waals surface area contributed by atoms with Crippen molar-refractivity contribution in [1.29, 1.82) is 0 Å². The molecular formula is C20H27N5O2. The summed E-state index contributed by atoms with van der Waals surface area (Å²) in [6.07, 6.45) is 6.38. The topological polar surface area (TPSA) is 80.1 Å². The van der Waals surface area contributed by atoms with Gasteiger partial charge >= 0.3 is 0 Å². The molecule has 1 aliphatic heterocycles. The molecule has 0 radical (unpaired) electrons. The van der Waals surface area contributed by atoms with E-state index >= 15 is 0 Å². The Morgan fingerprint density at radius 3 is 2.85 bits per heavy atom. The number of aromatic nitrogens is 3. The lowest BCUT2D eigenvalue weighted by molar-refractivity contribution is -0.134. The Labute approximate surface area is 159 Å². The second-order valence-electron chi connectivity index (χ2n) is 6.93. The zero-order chi connectivity index (χ0) is 19.2. The lowest BCUT2D eigenvalue weighted by Crippen LogP contribution is -2.41. The molecule has 7 heteroatoms. The summed E-state index contributed by atoms with van der Waals surface area (Å²) >= 11 is 0. The molecule has 2 aromatic heterocycles. The van der Waals surface area contributed by atoms with E-state index in [0.29, 0.717) is 19.5 Å². The van der Waals surface area contributed by atoms with Gasteiger partial charge in [0.15, 0.2) is 0 Å². The predicted molar refractivity (Wildman–Crippen MR) is 102 cm³/mol. The molecule has 0 bridgehead atoms. The summed E-state index contributed by atoms with van der Waals surface area (Å²) in [6, 6.07) is 5.56. The van der Waals surface area contributed by atoms with Gasteiger partial charge in [-0.2, -0.15) is 0 Å². The number of carbonyl (C=O) groups is 2. The maximum absolute atomic E-state index is 12.4. The monoisotopic (exact) mass is 369 g/mol. The van der Waals surface area contributed by atoms with E-state index in [1.807, 2.05) is 36.2 Å². The molecule has 0 aliphatic carbocycles. The number of unbranched alkanes of at least 4 members (excludes halogenated alkanes) is 1. The van der Waals surface area contributed by atoms with Crippen LogP contribution in [0.5, 0.6) is 0 Å². The molecule has 0 saturated carbocycles. The summed E-state index contributed by atoms with van der Waals surface area (Å²) in [5.74, 6) is 0.964. The van der Waals surface area contributed by atoms with Crippen LogP contribution in [0.25, 0.3) is 0 Å². The molecule has 7 nitrogen and oxygen atoms in total. The Balaban J connectivity index is 1.58. The molecule has 3 heterocycles. The highest BCUT2D eigenvalue weighted by atomic mass is 16.2. The molecule has 2 aromatic rings. The Kier molecular flexibility index (Phi) is 6.21. The summed E-state index contributed by atoms with van der Waals surface area (Å²) in [7, 11) is 0. The third-order valence-electron chi connectivity index (χ3n) is 4.88. The number of nitrogens with zero attached hydrogens (tertiary/aromatic N) is 4. The fourth-order valence-corrected chi connectivity index (χ4v) is 3.36. The summed E-state index contributed by atoms with van der Waals surface area (Å²) in [5.41, 5.74) is 1.56. The van der Waals surface area contributed by atoms with Crippen molar-refractivity contribution in [3.8, 4) is 0 Å². The number of hydrogen-bond acceptors (Lipinski definition) is 4. The third kappa shape index (κ3) is 4.72. The molecule has 27 heavy (non-hydrogen) atoms. The fourth-order valence-electron chi connectivity index (χ4n) is 3.36. The summed E-state index contributed by atoms with van der Waals surface area (Å²) in [6.45, 7) is 5.92. The van der Waals surface area contributed by atoms with E-state index in [1.54, 1.807) is 6.20 Å². The van der Waals surface area contributed by atoms with Crippen LogP contribution < -0.4 is 5.32 Å². The maximum atomic E-state index is 12.4. The third-order valence-corrected chi connectivity index (χ3v) is 4.88. The molecule has 0 spiro atoms. The van der Waals surface area contributed by atoms with Crippen LogP contribution in [0.4, 0.5) is 0 Å². The Hall–Kier alpha value is -2.70. The Morgan fingerprint density at radius 2 is 2.11 bits per heavy atom. The molecule has 1 atom stereocenters. The van der Waals surface area contributed by atoms with Crippen molar-refractivity contribution in [2.24, 2.45) is 0 Å². The van der Waals surface area contributed by atoms with Crippen LogP contribution in [0.2, 0.25) is 0 Å². The van der Waals surface area contributed by atoms with Crippen LogP contribution in [0, 0.1) is 0 Å². The minimum absolute atomic E-state index is 0.0616. The van der Waals surface area contributed by atoms with Gasteiger partial charge in [-0.1, -0.05) is 19.4 Å². The van der Waals surface area contributed by atoms with Gasteiger partial charge in [-0.25, -0.2) is 4.98 Å². The van der Waals surface area contributed by atoms with E-state index in [1.165, 1.54) is 0 Å². The van der Waals surface area contributed by atoms with Gasteiger partial charge in [-0.15, -0.1) is 0 Å².